The van der Waals surface area contributed by atoms with Crippen molar-refractivity contribution in [1.82, 2.24) is 19.7 Å². The molecule has 0 radical (unpaired) electrons. The van der Waals surface area contributed by atoms with Crippen LogP contribution in [0.4, 0.5) is 5.69 Å². The average molecular weight is 424 g/mol. The molecule has 0 aliphatic heterocycles. The Morgan fingerprint density at radius 2 is 1.93 bits per heavy atom. The van der Waals surface area contributed by atoms with E-state index >= 15 is 0 Å². The third-order valence-electron chi connectivity index (χ3n) is 3.81. The summed E-state index contributed by atoms with van der Waals surface area (Å²) in [5.41, 5.74) is 0.536. The normalized spacial score (nSPS) is 10.7. The summed E-state index contributed by atoms with van der Waals surface area (Å²) < 4.78 is 7.96. The van der Waals surface area contributed by atoms with Crippen molar-refractivity contribution >= 4 is 38.3 Å². The number of benzene rings is 2. The topological polar surface area (TPSA) is 81.9 Å². The van der Waals surface area contributed by atoms with Gasteiger partial charge in [0.2, 0.25) is 5.95 Å². The summed E-state index contributed by atoms with van der Waals surface area (Å²) in [4.78, 5) is 20.4. The average Bonchev–Trinajstić information content (AvgIpc) is 3.17. The first-order chi connectivity index (χ1) is 13.2. The minimum Gasteiger partial charge on any atom is -0.483 e. The zero-order chi connectivity index (χ0) is 18.6. The number of fused-ring (bicyclic) bond motifs is 1. The number of halogens is 1. The van der Waals surface area contributed by atoms with Gasteiger partial charge in [-0.2, -0.15) is 5.10 Å². The van der Waals surface area contributed by atoms with Gasteiger partial charge in [0, 0.05) is 12.4 Å². The summed E-state index contributed by atoms with van der Waals surface area (Å²) in [5, 5.41) is 9.00. The van der Waals surface area contributed by atoms with Gasteiger partial charge in [0.05, 0.1) is 22.6 Å². The monoisotopic (exact) mass is 423 g/mol. The molecule has 7 nitrogen and oxygen atoms in total. The number of rotatable bonds is 5. The summed E-state index contributed by atoms with van der Waals surface area (Å²) in [6, 6.07) is 13.5. The molecule has 0 spiro atoms. The molecule has 27 heavy (non-hydrogen) atoms. The quantitative estimate of drug-likeness (QED) is 0.530. The van der Waals surface area contributed by atoms with Gasteiger partial charge in [-0.3, -0.25) is 4.79 Å². The molecule has 4 rings (SSSR count). The minimum atomic E-state index is -0.288. The Balaban J connectivity index is 1.40. The van der Waals surface area contributed by atoms with Crippen LogP contribution in [0.3, 0.4) is 0 Å². The highest BCUT2D eigenvalue weighted by atomic mass is 79.9. The molecule has 0 aliphatic carbocycles. The van der Waals surface area contributed by atoms with E-state index in [1.807, 2.05) is 36.4 Å². The summed E-state index contributed by atoms with van der Waals surface area (Å²) in [7, 11) is 0. The van der Waals surface area contributed by atoms with Crippen LogP contribution in [0.2, 0.25) is 0 Å². The highest BCUT2D eigenvalue weighted by Crippen LogP contribution is 2.32. The van der Waals surface area contributed by atoms with E-state index < -0.39 is 0 Å². The van der Waals surface area contributed by atoms with Gasteiger partial charge in [0.15, 0.2) is 6.61 Å². The molecule has 2 aromatic carbocycles. The van der Waals surface area contributed by atoms with Crippen molar-refractivity contribution in [1.29, 1.82) is 0 Å². The molecule has 0 fully saturated rings. The molecule has 0 unspecified atom stereocenters. The van der Waals surface area contributed by atoms with Gasteiger partial charge in [-0.25, -0.2) is 14.6 Å². The maximum absolute atomic E-state index is 12.2. The Kier molecular flexibility index (Phi) is 4.80. The van der Waals surface area contributed by atoms with Crippen molar-refractivity contribution in [2.45, 2.75) is 0 Å². The number of carbonyl (C=O) groups is 1. The van der Waals surface area contributed by atoms with E-state index in [9.17, 15) is 4.79 Å². The molecule has 1 amide bonds. The lowest BCUT2D eigenvalue weighted by atomic mass is 10.1. The molecule has 0 saturated heterocycles. The number of aromatic nitrogens is 4. The molecule has 1 N–H and O–H groups in total. The lowest BCUT2D eigenvalue weighted by molar-refractivity contribution is -0.118. The van der Waals surface area contributed by atoms with E-state index in [0.29, 0.717) is 17.4 Å². The summed E-state index contributed by atoms with van der Waals surface area (Å²) in [6.45, 7) is -0.121. The van der Waals surface area contributed by atoms with Crippen molar-refractivity contribution in [2.24, 2.45) is 0 Å². The summed E-state index contributed by atoms with van der Waals surface area (Å²) >= 11 is 3.54. The zero-order valence-corrected chi connectivity index (χ0v) is 15.6. The fraction of sp³-hybridized carbons (Fsp3) is 0.0526. The van der Waals surface area contributed by atoms with E-state index in [4.69, 9.17) is 4.74 Å². The van der Waals surface area contributed by atoms with Crippen molar-refractivity contribution in [2.75, 3.05) is 11.9 Å². The minimum absolute atomic E-state index is 0.121. The first-order valence-electron chi connectivity index (χ1n) is 8.13. The van der Waals surface area contributed by atoms with Crippen LogP contribution in [0.5, 0.6) is 5.75 Å². The van der Waals surface area contributed by atoms with Gasteiger partial charge in [0.1, 0.15) is 5.75 Å². The molecular formula is C19H14BrN5O2. The SMILES string of the molecule is O=C(COc1ccc2ccccc2c1Br)Nc1cnn(-c2ncccn2)c1. The van der Waals surface area contributed by atoms with Gasteiger partial charge in [0.25, 0.3) is 5.91 Å². The van der Waals surface area contributed by atoms with E-state index in [-0.39, 0.29) is 12.5 Å². The number of ether oxygens (including phenoxy) is 1. The highest BCUT2D eigenvalue weighted by Gasteiger charge is 2.10. The van der Waals surface area contributed by atoms with Crippen LogP contribution in [0.25, 0.3) is 16.7 Å². The van der Waals surface area contributed by atoms with Crippen LogP contribution in [0.1, 0.15) is 0 Å². The molecule has 2 aromatic heterocycles. The summed E-state index contributed by atoms with van der Waals surface area (Å²) in [5.74, 6) is 0.746. The van der Waals surface area contributed by atoms with Crippen LogP contribution < -0.4 is 10.1 Å². The molecule has 2 heterocycles. The number of nitrogens with zero attached hydrogens (tertiary/aromatic N) is 4. The fourth-order valence-corrected chi connectivity index (χ4v) is 3.18. The van der Waals surface area contributed by atoms with Gasteiger partial charge in [-0.05, 0) is 38.8 Å². The fourth-order valence-electron chi connectivity index (χ4n) is 2.57. The molecule has 8 heteroatoms. The Hall–Kier alpha value is -3.26. The first kappa shape index (κ1) is 17.2. The second kappa shape index (κ2) is 7.55. The van der Waals surface area contributed by atoms with Crippen LogP contribution in [0.15, 0.2) is 71.7 Å². The summed E-state index contributed by atoms with van der Waals surface area (Å²) in [6.07, 6.45) is 6.41. The van der Waals surface area contributed by atoms with Crippen molar-refractivity contribution in [3.63, 3.8) is 0 Å². The van der Waals surface area contributed by atoms with Gasteiger partial charge in [-0.15, -0.1) is 0 Å². The molecule has 0 aliphatic rings. The van der Waals surface area contributed by atoms with Gasteiger partial charge < -0.3 is 10.1 Å². The first-order valence-corrected chi connectivity index (χ1v) is 8.92. The highest BCUT2D eigenvalue weighted by molar-refractivity contribution is 9.10. The predicted molar refractivity (Wildman–Crippen MR) is 105 cm³/mol. The third kappa shape index (κ3) is 3.80. The smallest absolute Gasteiger partial charge is 0.262 e. The Morgan fingerprint density at radius 1 is 1.11 bits per heavy atom. The van der Waals surface area contributed by atoms with E-state index in [1.165, 1.54) is 10.9 Å². The van der Waals surface area contributed by atoms with Crippen LogP contribution in [-0.2, 0) is 4.79 Å². The molecular weight excluding hydrogens is 410 g/mol. The Labute approximate surface area is 163 Å². The molecule has 0 bridgehead atoms. The van der Waals surface area contributed by atoms with Crippen LogP contribution >= 0.6 is 15.9 Å². The number of carbonyl (C=O) groups excluding carboxylic acids is 1. The third-order valence-corrected chi connectivity index (χ3v) is 4.63. The largest absolute Gasteiger partial charge is 0.483 e. The number of anilines is 1. The second-order valence-corrected chi connectivity index (χ2v) is 6.45. The van der Waals surface area contributed by atoms with Crippen molar-refractivity contribution < 1.29 is 9.53 Å². The van der Waals surface area contributed by atoms with E-state index in [0.717, 1.165) is 15.2 Å². The van der Waals surface area contributed by atoms with Crippen molar-refractivity contribution in [3.8, 4) is 11.7 Å². The predicted octanol–water partition coefficient (Wildman–Crippen LogP) is 3.60. The second-order valence-electron chi connectivity index (χ2n) is 5.66. The van der Waals surface area contributed by atoms with Gasteiger partial charge >= 0.3 is 0 Å². The number of hydrogen-bond acceptors (Lipinski definition) is 5. The van der Waals surface area contributed by atoms with Crippen molar-refractivity contribution in [3.05, 3.63) is 71.7 Å². The molecule has 134 valence electrons. The standard InChI is InChI=1S/C19H14BrN5O2/c20-18-15-5-2-1-4-13(15)6-7-16(18)27-12-17(26)24-14-10-23-25(11-14)19-21-8-3-9-22-19/h1-11H,12H2,(H,24,26). The maximum atomic E-state index is 12.2. The number of hydrogen-bond donors (Lipinski definition) is 1. The number of nitrogens with one attached hydrogen (secondary N) is 1. The molecule has 0 saturated carbocycles. The van der Waals surface area contributed by atoms with Gasteiger partial charge in [-0.1, -0.05) is 30.3 Å². The Morgan fingerprint density at radius 3 is 2.78 bits per heavy atom. The maximum Gasteiger partial charge on any atom is 0.262 e. The molecule has 0 atom stereocenters. The zero-order valence-electron chi connectivity index (χ0n) is 14.0. The number of amides is 1. The molecule has 4 aromatic rings. The van der Waals surface area contributed by atoms with Crippen LogP contribution in [0, 0.1) is 0 Å². The van der Waals surface area contributed by atoms with Crippen LogP contribution in [-0.4, -0.2) is 32.3 Å². The van der Waals surface area contributed by atoms with E-state index in [2.05, 4.69) is 36.3 Å². The van der Waals surface area contributed by atoms with E-state index in [1.54, 1.807) is 24.7 Å². The Bertz CT molecular complexity index is 1100. The lowest BCUT2D eigenvalue weighted by Gasteiger charge is -2.10. The lowest BCUT2D eigenvalue weighted by Crippen LogP contribution is -2.20.